The maximum Gasteiger partial charge on any atom is 0.222 e. The van der Waals surface area contributed by atoms with Gasteiger partial charge >= 0.3 is 0 Å². The minimum atomic E-state index is -0.712. The van der Waals surface area contributed by atoms with Crippen molar-refractivity contribution in [1.82, 2.24) is 9.97 Å². The van der Waals surface area contributed by atoms with Crippen LogP contribution in [0.1, 0.15) is 64.1 Å². The largest absolute Gasteiger partial charge is 0.401 e. The Hall–Kier alpha value is -2.47. The molecule has 4 N–H and O–H groups in total. The maximum atomic E-state index is 14.1. The van der Waals surface area contributed by atoms with Crippen LogP contribution in [0.25, 0.3) is 5.70 Å². The molecule has 1 aromatic carbocycles. The Balaban J connectivity index is 0.00000101. The van der Waals surface area contributed by atoms with Crippen LogP contribution in [0, 0.1) is 17.0 Å². The van der Waals surface area contributed by atoms with Crippen LogP contribution in [0.4, 0.5) is 8.78 Å². The first-order valence-electron chi connectivity index (χ1n) is 10.0. The molecule has 162 valence electrons. The number of allylic oxidation sites excluding steroid dienone is 3. The fourth-order valence-corrected chi connectivity index (χ4v) is 3.66. The molecular formula is C23H29ClF2N4. The summed E-state index contributed by atoms with van der Waals surface area (Å²) in [6.07, 6.45) is 5.98. The summed E-state index contributed by atoms with van der Waals surface area (Å²) >= 11 is 5.91. The summed E-state index contributed by atoms with van der Waals surface area (Å²) in [6, 6.07) is 5.42. The predicted molar refractivity (Wildman–Crippen MR) is 118 cm³/mol. The number of hydrogen-bond donors (Lipinski definition) is 2. The SMILES string of the molecule is CC1(C)CCC(c2ccnc(Cl)n2)C(N)=C1/C=C(\N)c1c(F)cccc1F.CCC. The van der Waals surface area contributed by atoms with Gasteiger partial charge in [0, 0.05) is 23.5 Å². The Morgan fingerprint density at radius 3 is 2.40 bits per heavy atom. The van der Waals surface area contributed by atoms with E-state index in [2.05, 4.69) is 23.8 Å². The summed E-state index contributed by atoms with van der Waals surface area (Å²) < 4.78 is 28.2. The standard InChI is InChI=1S/C20H21ClF2N4.C3H8/c1-20(2)8-6-11(16-7-9-26-19(21)27-16)18(25)12(20)10-15(24)17-13(22)4-3-5-14(17)23;1-3-2/h3-5,7,9-11H,6,8,24-25H2,1-2H3;3H2,1-2H3/b15-10-;. The number of aromatic nitrogens is 2. The Morgan fingerprint density at radius 1 is 1.23 bits per heavy atom. The lowest BCUT2D eigenvalue weighted by Crippen LogP contribution is -2.29. The number of nitrogens with two attached hydrogens (primary N) is 2. The van der Waals surface area contributed by atoms with E-state index < -0.39 is 11.6 Å². The highest BCUT2D eigenvalue weighted by Crippen LogP contribution is 2.45. The van der Waals surface area contributed by atoms with Crippen molar-refractivity contribution in [2.24, 2.45) is 16.9 Å². The average Bonchev–Trinajstić information content (AvgIpc) is 2.65. The van der Waals surface area contributed by atoms with Crippen LogP contribution in [0.3, 0.4) is 0 Å². The second-order valence-corrected chi connectivity index (χ2v) is 8.34. The molecule has 0 radical (unpaired) electrons. The van der Waals surface area contributed by atoms with E-state index in [0.29, 0.717) is 11.4 Å². The van der Waals surface area contributed by atoms with E-state index in [1.54, 1.807) is 18.3 Å². The lowest BCUT2D eigenvalue weighted by atomic mass is 9.69. The summed E-state index contributed by atoms with van der Waals surface area (Å²) in [5.74, 6) is -1.59. The Kier molecular flexibility index (Phi) is 7.96. The molecule has 0 fully saturated rings. The van der Waals surface area contributed by atoms with Crippen LogP contribution in [-0.2, 0) is 0 Å². The third kappa shape index (κ3) is 5.36. The van der Waals surface area contributed by atoms with Crippen molar-refractivity contribution in [3.63, 3.8) is 0 Å². The van der Waals surface area contributed by atoms with Crippen LogP contribution < -0.4 is 11.5 Å². The lowest BCUT2D eigenvalue weighted by Gasteiger charge is -2.37. The molecule has 0 saturated carbocycles. The fraction of sp³-hybridized carbons (Fsp3) is 0.391. The molecule has 1 atom stereocenters. The zero-order valence-electron chi connectivity index (χ0n) is 17.8. The van der Waals surface area contributed by atoms with Gasteiger partial charge in [-0.2, -0.15) is 0 Å². The van der Waals surface area contributed by atoms with Crippen molar-refractivity contribution in [3.8, 4) is 0 Å². The summed E-state index contributed by atoms with van der Waals surface area (Å²) in [5, 5.41) is 0.148. The van der Waals surface area contributed by atoms with Crippen molar-refractivity contribution < 1.29 is 8.78 Å². The topological polar surface area (TPSA) is 77.8 Å². The molecule has 1 unspecified atom stereocenters. The van der Waals surface area contributed by atoms with Gasteiger partial charge in [-0.3, -0.25) is 0 Å². The van der Waals surface area contributed by atoms with Crippen LogP contribution in [0.2, 0.25) is 5.28 Å². The monoisotopic (exact) mass is 434 g/mol. The summed E-state index contributed by atoms with van der Waals surface area (Å²) in [5.41, 5.74) is 14.0. The molecule has 7 heteroatoms. The van der Waals surface area contributed by atoms with Gasteiger partial charge < -0.3 is 11.5 Å². The Morgan fingerprint density at radius 2 is 1.83 bits per heavy atom. The second-order valence-electron chi connectivity index (χ2n) is 8.00. The number of rotatable bonds is 3. The van der Waals surface area contributed by atoms with Gasteiger partial charge in [0.05, 0.1) is 11.3 Å². The van der Waals surface area contributed by atoms with E-state index in [1.807, 2.05) is 13.8 Å². The van der Waals surface area contributed by atoms with E-state index in [9.17, 15) is 8.78 Å². The van der Waals surface area contributed by atoms with Gasteiger partial charge in [-0.05, 0) is 59.7 Å². The molecule has 3 rings (SSSR count). The number of nitrogens with zero attached hydrogens (tertiary/aromatic N) is 2. The van der Waals surface area contributed by atoms with Crippen LogP contribution in [-0.4, -0.2) is 9.97 Å². The predicted octanol–water partition coefficient (Wildman–Crippen LogP) is 5.94. The zero-order chi connectivity index (χ0) is 22.5. The summed E-state index contributed by atoms with van der Waals surface area (Å²) in [7, 11) is 0. The highest BCUT2D eigenvalue weighted by Gasteiger charge is 2.34. The maximum absolute atomic E-state index is 14.1. The van der Waals surface area contributed by atoms with Gasteiger partial charge in [-0.25, -0.2) is 18.7 Å². The molecule has 0 amide bonds. The average molecular weight is 435 g/mol. The van der Waals surface area contributed by atoms with Gasteiger partial charge in [0.2, 0.25) is 5.28 Å². The molecule has 1 aromatic heterocycles. The zero-order valence-corrected chi connectivity index (χ0v) is 18.6. The van der Waals surface area contributed by atoms with E-state index in [-0.39, 0.29) is 27.9 Å². The third-order valence-electron chi connectivity index (χ3n) is 5.03. The van der Waals surface area contributed by atoms with Gasteiger partial charge in [0.25, 0.3) is 0 Å². The normalized spacial score (nSPS) is 18.6. The van der Waals surface area contributed by atoms with Crippen LogP contribution in [0.15, 0.2) is 47.8 Å². The Labute approximate surface area is 182 Å². The number of hydrogen-bond acceptors (Lipinski definition) is 4. The molecule has 0 bridgehead atoms. The molecule has 0 saturated heterocycles. The first kappa shape index (κ1) is 23.8. The quantitative estimate of drug-likeness (QED) is 0.586. The van der Waals surface area contributed by atoms with E-state index in [1.165, 1.54) is 24.6 Å². The highest BCUT2D eigenvalue weighted by atomic mass is 35.5. The Bertz CT molecular complexity index is 934. The van der Waals surface area contributed by atoms with Gasteiger partial charge in [0.1, 0.15) is 11.6 Å². The van der Waals surface area contributed by atoms with Crippen molar-refractivity contribution >= 4 is 17.3 Å². The fourth-order valence-electron chi connectivity index (χ4n) is 3.50. The van der Waals surface area contributed by atoms with E-state index in [4.69, 9.17) is 23.1 Å². The first-order chi connectivity index (χ1) is 14.1. The molecule has 1 heterocycles. The molecule has 2 aromatic rings. The molecule has 0 spiro atoms. The van der Waals surface area contributed by atoms with Crippen LogP contribution >= 0.6 is 11.6 Å². The molecular weight excluding hydrogens is 406 g/mol. The molecule has 1 aliphatic rings. The van der Waals surface area contributed by atoms with Crippen molar-refractivity contribution in [2.45, 2.75) is 52.9 Å². The molecule has 4 nitrogen and oxygen atoms in total. The highest BCUT2D eigenvalue weighted by molar-refractivity contribution is 6.28. The van der Waals surface area contributed by atoms with Crippen molar-refractivity contribution in [3.05, 3.63) is 76.0 Å². The number of benzene rings is 1. The summed E-state index contributed by atoms with van der Waals surface area (Å²) in [4.78, 5) is 8.16. The minimum Gasteiger partial charge on any atom is -0.401 e. The number of halogens is 3. The van der Waals surface area contributed by atoms with Gasteiger partial charge in [-0.1, -0.05) is 40.2 Å². The van der Waals surface area contributed by atoms with E-state index in [0.717, 1.165) is 18.4 Å². The first-order valence-corrected chi connectivity index (χ1v) is 10.4. The lowest BCUT2D eigenvalue weighted by molar-refractivity contribution is 0.356. The third-order valence-corrected chi connectivity index (χ3v) is 5.21. The minimum absolute atomic E-state index is 0.00186. The van der Waals surface area contributed by atoms with Gasteiger partial charge in [-0.15, -0.1) is 0 Å². The second kappa shape index (κ2) is 10.0. The van der Waals surface area contributed by atoms with Crippen molar-refractivity contribution in [1.29, 1.82) is 0 Å². The van der Waals surface area contributed by atoms with Crippen LogP contribution in [0.5, 0.6) is 0 Å². The molecule has 30 heavy (non-hydrogen) atoms. The smallest absolute Gasteiger partial charge is 0.222 e. The summed E-state index contributed by atoms with van der Waals surface area (Å²) in [6.45, 7) is 8.31. The molecule has 0 aliphatic heterocycles. The van der Waals surface area contributed by atoms with E-state index >= 15 is 0 Å². The molecule has 1 aliphatic carbocycles. The van der Waals surface area contributed by atoms with Crippen molar-refractivity contribution in [2.75, 3.05) is 0 Å². The van der Waals surface area contributed by atoms with Gasteiger partial charge in [0.15, 0.2) is 0 Å².